The van der Waals surface area contributed by atoms with Crippen molar-refractivity contribution in [2.75, 3.05) is 19.8 Å². The van der Waals surface area contributed by atoms with E-state index in [0.717, 1.165) is 11.1 Å². The van der Waals surface area contributed by atoms with Gasteiger partial charge < -0.3 is 25.2 Å². The summed E-state index contributed by atoms with van der Waals surface area (Å²) < 4.78 is 46.5. The van der Waals surface area contributed by atoms with Crippen molar-refractivity contribution in [1.82, 2.24) is 10.6 Å². The van der Waals surface area contributed by atoms with Crippen LogP contribution in [0.5, 0.6) is 11.5 Å². The molecule has 0 atom stereocenters. The fraction of sp³-hybridized carbons (Fsp3) is 0.409. The van der Waals surface area contributed by atoms with E-state index in [1.54, 1.807) is 30.3 Å². The lowest BCUT2D eigenvalue weighted by Gasteiger charge is -2.12. The Morgan fingerprint density at radius 1 is 1.00 bits per heavy atom. The lowest BCUT2D eigenvalue weighted by atomic mass is 10.1. The van der Waals surface area contributed by atoms with Crippen molar-refractivity contribution in [3.8, 4) is 11.5 Å². The number of alkyl halides is 3. The van der Waals surface area contributed by atoms with Crippen molar-refractivity contribution in [2.45, 2.75) is 39.7 Å². The minimum atomic E-state index is -4.32. The molecule has 0 radical (unpaired) electrons. The Morgan fingerprint density at radius 3 is 2.32 bits per heavy atom. The molecule has 2 aromatic carbocycles. The number of halogens is 3. The van der Waals surface area contributed by atoms with Gasteiger partial charge in [0.05, 0.1) is 19.8 Å². The number of benzene rings is 2. The molecular weight excluding hydrogens is 411 g/mol. The van der Waals surface area contributed by atoms with E-state index in [-0.39, 0.29) is 12.4 Å². The van der Waals surface area contributed by atoms with E-state index in [1.165, 1.54) is 0 Å². The smallest absolute Gasteiger partial charge is 0.411 e. The number of nitrogens with one attached hydrogen (secondary N) is 2. The van der Waals surface area contributed by atoms with Crippen LogP contribution in [0.1, 0.15) is 30.5 Å². The number of nitrogens with zero attached hydrogens (tertiary/aromatic N) is 1. The fourth-order valence-electron chi connectivity index (χ4n) is 2.66. The monoisotopic (exact) mass is 439 g/mol. The second-order valence-corrected chi connectivity index (χ2v) is 6.71. The molecule has 0 unspecified atom stereocenters. The summed E-state index contributed by atoms with van der Waals surface area (Å²) in [6.45, 7) is 4.49. The van der Waals surface area contributed by atoms with Gasteiger partial charge in [-0.25, -0.2) is 4.99 Å². The molecular formula is C22H28F3N3O3. The lowest BCUT2D eigenvalue weighted by molar-refractivity contribution is -0.176. The first kappa shape index (κ1) is 24.3. The maximum atomic E-state index is 12.1. The van der Waals surface area contributed by atoms with Crippen LogP contribution in [0.3, 0.4) is 0 Å². The minimum absolute atomic E-state index is 0.0896. The summed E-state index contributed by atoms with van der Waals surface area (Å²) in [6, 6.07) is 12.3. The van der Waals surface area contributed by atoms with E-state index in [2.05, 4.69) is 20.4 Å². The minimum Gasteiger partial charge on any atom is -0.504 e. The molecule has 31 heavy (non-hydrogen) atoms. The number of hydrogen-bond donors (Lipinski definition) is 3. The number of guanidine groups is 1. The molecule has 3 N–H and O–H groups in total. The predicted molar refractivity (Wildman–Crippen MR) is 113 cm³/mol. The Hall–Kier alpha value is -2.94. The molecule has 6 nitrogen and oxygen atoms in total. The van der Waals surface area contributed by atoms with Gasteiger partial charge in [-0.1, -0.05) is 30.3 Å². The molecule has 2 aromatic rings. The van der Waals surface area contributed by atoms with Gasteiger partial charge in [-0.3, -0.25) is 0 Å². The highest BCUT2D eigenvalue weighted by Crippen LogP contribution is 2.27. The Bertz CT molecular complexity index is 840. The van der Waals surface area contributed by atoms with Crippen LogP contribution < -0.4 is 15.4 Å². The van der Waals surface area contributed by atoms with E-state index in [9.17, 15) is 18.3 Å². The van der Waals surface area contributed by atoms with Crippen LogP contribution in [0.2, 0.25) is 0 Å². The van der Waals surface area contributed by atoms with Crippen LogP contribution in [-0.4, -0.2) is 37.0 Å². The van der Waals surface area contributed by atoms with E-state index in [1.807, 2.05) is 26.0 Å². The number of phenols is 1. The first-order valence-electron chi connectivity index (χ1n) is 10.00. The summed E-state index contributed by atoms with van der Waals surface area (Å²) in [5.74, 6) is 1.13. The van der Waals surface area contributed by atoms with Gasteiger partial charge in [0.1, 0.15) is 6.61 Å². The molecule has 0 aliphatic rings. The molecule has 0 amide bonds. The van der Waals surface area contributed by atoms with Crippen molar-refractivity contribution in [3.63, 3.8) is 0 Å². The van der Waals surface area contributed by atoms with E-state index >= 15 is 0 Å². The highest BCUT2D eigenvalue weighted by atomic mass is 19.4. The summed E-state index contributed by atoms with van der Waals surface area (Å²) in [5, 5.41) is 16.2. The van der Waals surface area contributed by atoms with Crippen LogP contribution in [0.25, 0.3) is 0 Å². The van der Waals surface area contributed by atoms with Gasteiger partial charge >= 0.3 is 6.18 Å². The third kappa shape index (κ3) is 9.17. The zero-order valence-corrected chi connectivity index (χ0v) is 17.6. The molecule has 0 aliphatic carbocycles. The highest BCUT2D eigenvalue weighted by Gasteiger charge is 2.27. The first-order valence-corrected chi connectivity index (χ1v) is 10.00. The molecule has 2 rings (SSSR count). The van der Waals surface area contributed by atoms with Gasteiger partial charge in [-0.05, 0) is 42.7 Å². The standard InChI is InChI=1S/C22H28F3N3O3/c1-3-26-21(28-13-18-9-10-19(29)20(11-18)31-4-2)27-12-16-5-7-17(8-6-16)14-30-15-22(23,24)25/h5-11,29H,3-4,12-15H2,1-2H3,(H2,26,27,28). The fourth-order valence-corrected chi connectivity index (χ4v) is 2.66. The third-order valence-electron chi connectivity index (χ3n) is 4.11. The average molecular weight is 439 g/mol. The maximum absolute atomic E-state index is 12.1. The van der Waals surface area contributed by atoms with Gasteiger partial charge in [0.15, 0.2) is 17.5 Å². The molecule has 0 spiro atoms. The van der Waals surface area contributed by atoms with Crippen LogP contribution in [0.15, 0.2) is 47.5 Å². The average Bonchev–Trinajstić information content (AvgIpc) is 2.72. The molecule has 9 heteroatoms. The van der Waals surface area contributed by atoms with Gasteiger partial charge in [-0.15, -0.1) is 0 Å². The largest absolute Gasteiger partial charge is 0.504 e. The van der Waals surface area contributed by atoms with E-state index < -0.39 is 12.8 Å². The SMILES string of the molecule is CCNC(=NCc1ccc(O)c(OCC)c1)NCc1ccc(COCC(F)(F)F)cc1. The summed E-state index contributed by atoms with van der Waals surface area (Å²) >= 11 is 0. The number of hydrogen-bond acceptors (Lipinski definition) is 4. The van der Waals surface area contributed by atoms with Gasteiger partial charge in [0.25, 0.3) is 0 Å². The summed E-state index contributed by atoms with van der Waals surface area (Å²) in [4.78, 5) is 4.54. The molecule has 170 valence electrons. The van der Waals surface area contributed by atoms with Gasteiger partial charge in [0.2, 0.25) is 0 Å². The highest BCUT2D eigenvalue weighted by molar-refractivity contribution is 5.79. The Morgan fingerprint density at radius 2 is 1.68 bits per heavy atom. The van der Waals surface area contributed by atoms with Crippen molar-refractivity contribution in [3.05, 3.63) is 59.2 Å². The molecule has 0 fully saturated rings. The van der Waals surface area contributed by atoms with Gasteiger partial charge in [0, 0.05) is 13.1 Å². The molecule has 0 heterocycles. The second-order valence-electron chi connectivity index (χ2n) is 6.71. The summed E-state index contributed by atoms with van der Waals surface area (Å²) in [6.07, 6.45) is -4.32. The third-order valence-corrected chi connectivity index (χ3v) is 4.11. The molecule has 0 aromatic heterocycles. The van der Waals surface area contributed by atoms with Crippen molar-refractivity contribution in [1.29, 1.82) is 0 Å². The number of aromatic hydroxyl groups is 1. The Kier molecular flexibility index (Phi) is 9.45. The molecule has 0 bridgehead atoms. The topological polar surface area (TPSA) is 75.1 Å². The van der Waals surface area contributed by atoms with Crippen LogP contribution in [0.4, 0.5) is 13.2 Å². The summed E-state index contributed by atoms with van der Waals surface area (Å²) in [5.41, 5.74) is 2.51. The van der Waals surface area contributed by atoms with Crippen molar-refractivity contribution >= 4 is 5.96 Å². The summed E-state index contributed by atoms with van der Waals surface area (Å²) in [7, 11) is 0. The van der Waals surface area contributed by atoms with E-state index in [4.69, 9.17) is 4.74 Å². The van der Waals surface area contributed by atoms with Crippen LogP contribution in [0, 0.1) is 0 Å². The zero-order valence-electron chi connectivity index (χ0n) is 17.6. The molecule has 0 saturated heterocycles. The first-order chi connectivity index (χ1) is 14.8. The van der Waals surface area contributed by atoms with Crippen LogP contribution >= 0.6 is 0 Å². The van der Waals surface area contributed by atoms with Crippen LogP contribution in [-0.2, 0) is 24.4 Å². The van der Waals surface area contributed by atoms with Crippen molar-refractivity contribution in [2.24, 2.45) is 4.99 Å². The Labute approximate surface area is 180 Å². The maximum Gasteiger partial charge on any atom is 0.411 e. The number of phenolic OH excluding ortho intramolecular Hbond substituents is 1. The predicted octanol–water partition coefficient (Wildman–Crippen LogP) is 4.13. The number of rotatable bonds is 10. The van der Waals surface area contributed by atoms with Crippen molar-refractivity contribution < 1.29 is 27.8 Å². The van der Waals surface area contributed by atoms with Gasteiger partial charge in [-0.2, -0.15) is 13.2 Å². The number of ether oxygens (including phenoxy) is 2. The van der Waals surface area contributed by atoms with E-state index in [0.29, 0.717) is 43.5 Å². The normalized spacial score (nSPS) is 12.0. The second kappa shape index (κ2) is 12.0. The number of aliphatic imine (C=N–C) groups is 1. The molecule has 0 saturated carbocycles. The Balaban J connectivity index is 1.91. The quantitative estimate of drug-likeness (QED) is 0.384. The lowest BCUT2D eigenvalue weighted by Crippen LogP contribution is -2.36. The molecule has 0 aliphatic heterocycles. The zero-order chi connectivity index (χ0) is 22.7.